The molecule has 2 heterocycles. The van der Waals surface area contributed by atoms with Gasteiger partial charge in [0.25, 0.3) is 0 Å². The van der Waals surface area contributed by atoms with E-state index in [-0.39, 0.29) is 6.17 Å². The number of benzene rings is 3. The lowest BCUT2D eigenvalue weighted by Gasteiger charge is -2.14. The second-order valence-corrected chi connectivity index (χ2v) is 6.99. The molecule has 3 heteroatoms. The first-order chi connectivity index (χ1) is 12.3. The van der Waals surface area contributed by atoms with Crippen LogP contribution in [0.2, 0.25) is 5.02 Å². The van der Waals surface area contributed by atoms with E-state index in [0.717, 1.165) is 5.02 Å². The molecule has 0 saturated carbocycles. The molecule has 122 valence electrons. The Morgan fingerprint density at radius 3 is 2.00 bits per heavy atom. The molecule has 2 aliphatic heterocycles. The van der Waals surface area contributed by atoms with Gasteiger partial charge in [-0.05, 0) is 28.8 Å². The highest BCUT2D eigenvalue weighted by Crippen LogP contribution is 2.55. The summed E-state index contributed by atoms with van der Waals surface area (Å²) in [6.07, 6.45) is 0.0580. The van der Waals surface area contributed by atoms with E-state index in [1.807, 2.05) is 12.1 Å². The number of hydrogen-bond donors (Lipinski definition) is 0. The molecular formula is C22H17ClN2. The Kier molecular flexibility index (Phi) is 3.47. The number of halogens is 1. The molecule has 0 aliphatic carbocycles. The zero-order valence-electron chi connectivity index (χ0n) is 13.6. The van der Waals surface area contributed by atoms with Crippen LogP contribution >= 0.6 is 11.6 Å². The van der Waals surface area contributed by atoms with Gasteiger partial charge in [-0.2, -0.15) is 0 Å². The summed E-state index contributed by atoms with van der Waals surface area (Å²) < 4.78 is 0. The van der Waals surface area contributed by atoms with E-state index in [1.54, 1.807) is 0 Å². The van der Waals surface area contributed by atoms with Gasteiger partial charge in [0.15, 0.2) is 0 Å². The van der Waals surface area contributed by atoms with Crippen LogP contribution in [0, 0.1) is 0 Å². The lowest BCUT2D eigenvalue weighted by atomic mass is 10.0. The molecule has 0 spiro atoms. The molecule has 0 bridgehead atoms. The molecule has 2 nitrogen and oxygen atoms in total. The molecular weight excluding hydrogens is 328 g/mol. The SMILES string of the molecule is Clc1ccc([C@@H]2N=C(c3ccccc3)[C@@H]3[C@@H](c4ccccc4)N32)cc1. The summed E-state index contributed by atoms with van der Waals surface area (Å²) in [7, 11) is 0. The summed E-state index contributed by atoms with van der Waals surface area (Å²) >= 11 is 6.06. The van der Waals surface area contributed by atoms with Crippen molar-refractivity contribution in [3.05, 3.63) is 107 Å². The molecule has 5 rings (SSSR count). The number of fused-ring (bicyclic) bond motifs is 1. The van der Waals surface area contributed by atoms with Crippen molar-refractivity contribution in [2.45, 2.75) is 18.2 Å². The molecule has 1 saturated heterocycles. The van der Waals surface area contributed by atoms with E-state index in [1.165, 1.54) is 22.4 Å². The fourth-order valence-electron chi connectivity index (χ4n) is 3.86. The van der Waals surface area contributed by atoms with Gasteiger partial charge in [0, 0.05) is 5.02 Å². The van der Waals surface area contributed by atoms with Crippen LogP contribution in [0.1, 0.15) is 28.9 Å². The van der Waals surface area contributed by atoms with Crippen LogP contribution in [-0.2, 0) is 0 Å². The third-order valence-corrected chi connectivity index (χ3v) is 5.31. The smallest absolute Gasteiger partial charge is 0.129 e. The van der Waals surface area contributed by atoms with E-state index >= 15 is 0 Å². The average Bonchev–Trinajstić information content (AvgIpc) is 3.28. The second-order valence-electron chi connectivity index (χ2n) is 6.55. The predicted octanol–water partition coefficient (Wildman–Crippen LogP) is 5.27. The van der Waals surface area contributed by atoms with Crippen molar-refractivity contribution in [1.29, 1.82) is 0 Å². The Labute approximate surface area is 152 Å². The summed E-state index contributed by atoms with van der Waals surface area (Å²) in [6, 6.07) is 30.1. The number of hydrogen-bond acceptors (Lipinski definition) is 2. The quantitative estimate of drug-likeness (QED) is 0.591. The molecule has 4 atom stereocenters. The highest BCUT2D eigenvalue weighted by Gasteiger charge is 2.59. The van der Waals surface area contributed by atoms with Gasteiger partial charge < -0.3 is 0 Å². The molecule has 2 aliphatic rings. The first-order valence-corrected chi connectivity index (χ1v) is 8.92. The van der Waals surface area contributed by atoms with Gasteiger partial charge >= 0.3 is 0 Å². The van der Waals surface area contributed by atoms with Crippen LogP contribution < -0.4 is 0 Å². The molecule has 3 aromatic carbocycles. The Morgan fingerprint density at radius 1 is 0.680 bits per heavy atom. The van der Waals surface area contributed by atoms with Gasteiger partial charge in [-0.25, -0.2) is 0 Å². The van der Waals surface area contributed by atoms with Crippen LogP contribution in [0.15, 0.2) is 89.9 Å². The maximum absolute atomic E-state index is 6.06. The zero-order chi connectivity index (χ0) is 16.8. The Balaban J connectivity index is 1.57. The number of aliphatic imine (C=N–C) groups is 1. The molecule has 0 amide bonds. The lowest BCUT2D eigenvalue weighted by Crippen LogP contribution is -2.08. The molecule has 3 aromatic rings. The van der Waals surface area contributed by atoms with Crippen LogP contribution in [0.5, 0.6) is 0 Å². The highest BCUT2D eigenvalue weighted by molar-refractivity contribution is 6.30. The lowest BCUT2D eigenvalue weighted by molar-refractivity contribution is 0.404. The topological polar surface area (TPSA) is 15.4 Å². The molecule has 0 aromatic heterocycles. The molecule has 0 radical (unpaired) electrons. The standard InChI is InChI=1S/C22H17ClN2/c23-18-13-11-17(12-14-18)22-24-19(15-7-3-1-4-8-15)21-20(25(21)22)16-9-5-2-6-10-16/h1-14,20-22H/t20-,21-,22-,25?/m1/s1. The van der Waals surface area contributed by atoms with E-state index in [9.17, 15) is 0 Å². The predicted molar refractivity (Wildman–Crippen MR) is 102 cm³/mol. The molecule has 0 N–H and O–H groups in total. The van der Waals surface area contributed by atoms with Crippen molar-refractivity contribution in [3.8, 4) is 0 Å². The maximum Gasteiger partial charge on any atom is 0.129 e. The first-order valence-electron chi connectivity index (χ1n) is 8.54. The summed E-state index contributed by atoms with van der Waals surface area (Å²) in [5.74, 6) is 0. The minimum Gasteiger partial charge on any atom is -0.263 e. The van der Waals surface area contributed by atoms with E-state index in [4.69, 9.17) is 16.6 Å². The summed E-state index contributed by atoms with van der Waals surface area (Å²) in [6.45, 7) is 0. The van der Waals surface area contributed by atoms with Gasteiger partial charge in [-0.1, -0.05) is 84.4 Å². The Hall–Kier alpha value is -2.42. The molecule has 1 unspecified atom stereocenters. The minimum absolute atomic E-state index is 0.0580. The molecule has 1 fully saturated rings. The van der Waals surface area contributed by atoms with Crippen molar-refractivity contribution in [1.82, 2.24) is 4.90 Å². The van der Waals surface area contributed by atoms with Gasteiger partial charge in [0.1, 0.15) is 6.17 Å². The summed E-state index contributed by atoms with van der Waals surface area (Å²) in [4.78, 5) is 7.55. The van der Waals surface area contributed by atoms with Crippen molar-refractivity contribution < 1.29 is 0 Å². The Bertz CT molecular complexity index is 919. The zero-order valence-corrected chi connectivity index (χ0v) is 14.3. The number of nitrogens with zero attached hydrogens (tertiary/aromatic N) is 2. The summed E-state index contributed by atoms with van der Waals surface area (Å²) in [5, 5.41) is 0.760. The van der Waals surface area contributed by atoms with Crippen LogP contribution in [0.25, 0.3) is 0 Å². The molecule has 25 heavy (non-hydrogen) atoms. The van der Waals surface area contributed by atoms with Crippen molar-refractivity contribution in [2.24, 2.45) is 4.99 Å². The van der Waals surface area contributed by atoms with Crippen molar-refractivity contribution in [2.75, 3.05) is 0 Å². The number of rotatable bonds is 3. The third kappa shape index (κ3) is 2.50. The van der Waals surface area contributed by atoms with E-state index < -0.39 is 0 Å². The second kappa shape index (κ2) is 5.83. The monoisotopic (exact) mass is 344 g/mol. The van der Waals surface area contributed by atoms with Crippen LogP contribution in [-0.4, -0.2) is 16.7 Å². The normalized spacial score (nSPS) is 26.8. The van der Waals surface area contributed by atoms with Crippen molar-refractivity contribution >= 4 is 17.3 Å². The highest BCUT2D eigenvalue weighted by atomic mass is 35.5. The van der Waals surface area contributed by atoms with E-state index in [0.29, 0.717) is 12.1 Å². The van der Waals surface area contributed by atoms with Crippen LogP contribution in [0.3, 0.4) is 0 Å². The summed E-state index contributed by atoms with van der Waals surface area (Å²) in [5.41, 5.74) is 4.95. The van der Waals surface area contributed by atoms with E-state index in [2.05, 4.69) is 77.7 Å². The maximum atomic E-state index is 6.06. The average molecular weight is 345 g/mol. The van der Waals surface area contributed by atoms with Crippen molar-refractivity contribution in [3.63, 3.8) is 0 Å². The van der Waals surface area contributed by atoms with Gasteiger partial charge in [-0.3, -0.25) is 9.89 Å². The largest absolute Gasteiger partial charge is 0.263 e. The third-order valence-electron chi connectivity index (χ3n) is 5.05. The fraction of sp³-hybridized carbons (Fsp3) is 0.136. The fourth-order valence-corrected chi connectivity index (χ4v) is 3.98. The minimum atomic E-state index is 0.0580. The first kappa shape index (κ1) is 14.9. The van der Waals surface area contributed by atoms with Gasteiger partial charge in [0.05, 0.1) is 17.8 Å². The van der Waals surface area contributed by atoms with Gasteiger partial charge in [0.2, 0.25) is 0 Å². The van der Waals surface area contributed by atoms with Crippen LogP contribution in [0.4, 0.5) is 0 Å². The Morgan fingerprint density at radius 2 is 1.32 bits per heavy atom. The van der Waals surface area contributed by atoms with Gasteiger partial charge in [-0.15, -0.1) is 0 Å².